The molecule has 0 spiro atoms. The Balaban J connectivity index is 1.11. The van der Waals surface area contributed by atoms with E-state index in [9.17, 15) is 4.79 Å². The molecule has 0 unspecified atom stereocenters. The van der Waals surface area contributed by atoms with E-state index in [1.54, 1.807) is 6.33 Å². The van der Waals surface area contributed by atoms with Crippen molar-refractivity contribution in [3.05, 3.63) is 54.5 Å². The van der Waals surface area contributed by atoms with E-state index < -0.39 is 0 Å². The minimum Gasteiger partial charge on any atom is -0.368 e. The van der Waals surface area contributed by atoms with Gasteiger partial charge in [-0.05, 0) is 56.5 Å². The first-order valence-electron chi connectivity index (χ1n) is 13.3. The fourth-order valence-corrected chi connectivity index (χ4v) is 4.85. The second-order valence-corrected chi connectivity index (χ2v) is 10.5. The predicted molar refractivity (Wildman–Crippen MR) is 148 cm³/mol. The van der Waals surface area contributed by atoms with Crippen LogP contribution in [0.2, 0.25) is 0 Å². The van der Waals surface area contributed by atoms with Crippen LogP contribution in [-0.4, -0.2) is 72.8 Å². The van der Waals surface area contributed by atoms with Gasteiger partial charge in [0, 0.05) is 62.5 Å². The summed E-state index contributed by atoms with van der Waals surface area (Å²) in [6, 6.07) is 12.4. The van der Waals surface area contributed by atoms with Crippen molar-refractivity contribution in [3.63, 3.8) is 0 Å². The number of pyridine rings is 1. The van der Waals surface area contributed by atoms with Crippen molar-refractivity contribution in [2.45, 2.75) is 39.3 Å². The van der Waals surface area contributed by atoms with Gasteiger partial charge in [0.15, 0.2) is 0 Å². The minimum absolute atomic E-state index is 0.293. The summed E-state index contributed by atoms with van der Waals surface area (Å²) in [7, 11) is 0. The molecule has 0 bridgehead atoms. The fraction of sp³-hybridized carbons (Fsp3) is 0.393. The minimum atomic E-state index is 0.293. The largest absolute Gasteiger partial charge is 0.368 e. The Hall–Kier alpha value is -4.05. The maximum Gasteiger partial charge on any atom is 0.225 e. The van der Waals surface area contributed by atoms with E-state index >= 15 is 0 Å². The molecule has 1 aliphatic heterocycles. The maximum atomic E-state index is 12.3. The first kappa shape index (κ1) is 24.3. The molecule has 0 atom stereocenters. The average Bonchev–Trinajstić information content (AvgIpc) is 3.68. The van der Waals surface area contributed by atoms with E-state index in [2.05, 4.69) is 60.4 Å². The molecule has 38 heavy (non-hydrogen) atoms. The number of anilines is 3. The molecule has 10 nitrogen and oxygen atoms in total. The lowest BCUT2D eigenvalue weighted by atomic mass is 10.1. The summed E-state index contributed by atoms with van der Waals surface area (Å²) in [4.78, 5) is 38.0. The highest BCUT2D eigenvalue weighted by Crippen LogP contribution is 2.31. The second-order valence-electron chi connectivity index (χ2n) is 10.5. The van der Waals surface area contributed by atoms with Crippen LogP contribution in [0.4, 0.5) is 17.6 Å². The fourth-order valence-electron chi connectivity index (χ4n) is 4.85. The van der Waals surface area contributed by atoms with Gasteiger partial charge in [-0.3, -0.25) is 9.69 Å². The van der Waals surface area contributed by atoms with Crippen molar-refractivity contribution >= 4 is 34.5 Å². The molecule has 2 aliphatic rings. The predicted octanol–water partition coefficient (Wildman–Crippen LogP) is 4.03. The molecule has 4 heterocycles. The Kier molecular flexibility index (Phi) is 6.63. The van der Waals surface area contributed by atoms with Gasteiger partial charge in [0.1, 0.15) is 18.0 Å². The number of carbonyl (C=O) groups excluding carboxylic acids is 1. The molecule has 0 radical (unpaired) electrons. The summed E-state index contributed by atoms with van der Waals surface area (Å²) in [5, 5.41) is 6.64. The van der Waals surface area contributed by atoms with Crippen LogP contribution < -0.4 is 10.6 Å². The zero-order chi connectivity index (χ0) is 26.1. The van der Waals surface area contributed by atoms with Gasteiger partial charge in [-0.1, -0.05) is 6.07 Å². The van der Waals surface area contributed by atoms with Crippen LogP contribution >= 0.6 is 0 Å². The number of carbonyl (C=O) groups is 1. The zero-order valence-corrected chi connectivity index (χ0v) is 21.8. The number of aromatic amines is 1. The Morgan fingerprint density at radius 1 is 1.03 bits per heavy atom. The van der Waals surface area contributed by atoms with Crippen LogP contribution in [-0.2, 0) is 11.3 Å². The molecule has 1 saturated heterocycles. The van der Waals surface area contributed by atoms with E-state index in [1.807, 2.05) is 41.4 Å². The molecule has 1 amide bonds. The molecule has 1 aromatic carbocycles. The van der Waals surface area contributed by atoms with E-state index in [4.69, 9.17) is 0 Å². The van der Waals surface area contributed by atoms with Crippen LogP contribution in [0.5, 0.6) is 0 Å². The summed E-state index contributed by atoms with van der Waals surface area (Å²) in [5.41, 5.74) is 4.79. The van der Waals surface area contributed by atoms with Crippen LogP contribution in [0, 0.1) is 5.92 Å². The number of H-pyrrole nitrogens is 1. The standard InChI is InChI=1S/C28H33N9O/c1-18(2)32-26-15-23(30-17-31-26)21-5-6-22-24(14-21)34-28(33-22)35-25-13-19(7-8-29-25)16-36-9-11-37(12-10-36)27(38)20-3-4-20/h5-8,13-15,17-18,20H,3-4,9-12,16H2,1-2H3,(H,30,31,32)(H2,29,33,34,35). The molecule has 196 valence electrons. The van der Waals surface area contributed by atoms with Crippen molar-refractivity contribution in [2.75, 3.05) is 36.8 Å². The number of hydrogen-bond donors (Lipinski definition) is 3. The van der Waals surface area contributed by atoms with E-state index in [0.29, 0.717) is 23.8 Å². The molecule has 1 aliphatic carbocycles. The quantitative estimate of drug-likeness (QED) is 0.325. The maximum absolute atomic E-state index is 12.3. The summed E-state index contributed by atoms with van der Waals surface area (Å²) >= 11 is 0. The van der Waals surface area contributed by atoms with E-state index in [0.717, 1.165) is 79.5 Å². The van der Waals surface area contributed by atoms with Crippen molar-refractivity contribution in [1.82, 2.24) is 34.7 Å². The normalized spacial score (nSPS) is 16.2. The molecule has 10 heteroatoms. The summed E-state index contributed by atoms with van der Waals surface area (Å²) in [5.74, 6) is 2.83. The number of piperazine rings is 1. The third kappa shape index (κ3) is 5.60. The van der Waals surface area contributed by atoms with Crippen LogP contribution in [0.15, 0.2) is 48.9 Å². The van der Waals surface area contributed by atoms with Gasteiger partial charge < -0.3 is 20.5 Å². The lowest BCUT2D eigenvalue weighted by molar-refractivity contribution is -0.134. The highest BCUT2D eigenvalue weighted by Gasteiger charge is 2.34. The van der Waals surface area contributed by atoms with Crippen molar-refractivity contribution in [1.29, 1.82) is 0 Å². The number of fused-ring (bicyclic) bond motifs is 1. The number of amides is 1. The van der Waals surface area contributed by atoms with Gasteiger partial charge >= 0.3 is 0 Å². The van der Waals surface area contributed by atoms with Gasteiger partial charge in [0.25, 0.3) is 0 Å². The van der Waals surface area contributed by atoms with Gasteiger partial charge in [0.05, 0.1) is 16.7 Å². The molecule has 2 fully saturated rings. The molecule has 3 N–H and O–H groups in total. The Morgan fingerprint density at radius 2 is 1.87 bits per heavy atom. The van der Waals surface area contributed by atoms with Crippen molar-refractivity contribution in [3.8, 4) is 11.3 Å². The number of benzene rings is 1. The Bertz CT molecular complexity index is 1440. The van der Waals surface area contributed by atoms with Gasteiger partial charge in [-0.15, -0.1) is 0 Å². The number of hydrogen-bond acceptors (Lipinski definition) is 8. The van der Waals surface area contributed by atoms with E-state index in [1.165, 1.54) is 5.56 Å². The third-order valence-electron chi connectivity index (χ3n) is 6.97. The summed E-state index contributed by atoms with van der Waals surface area (Å²) in [6.45, 7) is 8.43. The molecule has 1 saturated carbocycles. The SMILES string of the molecule is CC(C)Nc1cc(-c2ccc3nc(Nc4cc(CN5CCN(C(=O)C6CC6)CC5)ccn4)[nH]c3c2)ncn1. The lowest BCUT2D eigenvalue weighted by Gasteiger charge is -2.34. The number of imidazole rings is 1. The number of rotatable bonds is 8. The second kappa shape index (κ2) is 10.4. The van der Waals surface area contributed by atoms with Crippen molar-refractivity contribution in [2.24, 2.45) is 5.92 Å². The zero-order valence-electron chi connectivity index (χ0n) is 21.8. The molecular weight excluding hydrogens is 478 g/mol. The number of aromatic nitrogens is 5. The monoisotopic (exact) mass is 511 g/mol. The van der Waals surface area contributed by atoms with Gasteiger partial charge in [0.2, 0.25) is 11.9 Å². The summed E-state index contributed by atoms with van der Waals surface area (Å²) < 4.78 is 0. The average molecular weight is 512 g/mol. The van der Waals surface area contributed by atoms with Crippen LogP contribution in [0.1, 0.15) is 32.3 Å². The first-order valence-corrected chi connectivity index (χ1v) is 13.3. The third-order valence-corrected chi connectivity index (χ3v) is 6.97. The first-order chi connectivity index (χ1) is 18.5. The lowest BCUT2D eigenvalue weighted by Crippen LogP contribution is -2.48. The van der Waals surface area contributed by atoms with Crippen LogP contribution in [0.25, 0.3) is 22.3 Å². The van der Waals surface area contributed by atoms with E-state index in [-0.39, 0.29) is 0 Å². The smallest absolute Gasteiger partial charge is 0.225 e. The highest BCUT2D eigenvalue weighted by molar-refractivity contribution is 5.83. The molecule has 4 aromatic rings. The Labute approximate surface area is 221 Å². The molecule has 3 aromatic heterocycles. The van der Waals surface area contributed by atoms with Gasteiger partial charge in [-0.2, -0.15) is 0 Å². The molecule has 6 rings (SSSR count). The highest BCUT2D eigenvalue weighted by atomic mass is 16.2. The topological polar surface area (TPSA) is 115 Å². The van der Waals surface area contributed by atoms with Crippen LogP contribution in [0.3, 0.4) is 0 Å². The number of nitrogens with one attached hydrogen (secondary N) is 3. The number of nitrogens with zero attached hydrogens (tertiary/aromatic N) is 6. The van der Waals surface area contributed by atoms with Gasteiger partial charge in [-0.25, -0.2) is 19.9 Å². The molecular formula is C28H33N9O. The Morgan fingerprint density at radius 3 is 2.66 bits per heavy atom. The van der Waals surface area contributed by atoms with Crippen molar-refractivity contribution < 1.29 is 4.79 Å². The summed E-state index contributed by atoms with van der Waals surface area (Å²) in [6.07, 6.45) is 5.54.